The van der Waals surface area contributed by atoms with E-state index >= 15 is 0 Å². The van der Waals surface area contributed by atoms with Gasteiger partial charge in [0.05, 0.1) is 14.2 Å². The third-order valence-electron chi connectivity index (χ3n) is 5.22. The fourth-order valence-electron chi connectivity index (χ4n) is 3.44. The molecule has 2 aromatic heterocycles. The number of hydrazine groups is 1. The van der Waals surface area contributed by atoms with Crippen molar-refractivity contribution in [1.82, 2.24) is 20.4 Å². The average molecular weight is 515 g/mol. The fraction of sp³-hybridized carbons (Fsp3) is 0.174. The highest BCUT2D eigenvalue weighted by Crippen LogP contribution is 2.34. The standard InChI is InChI=1S/C23H20F3N7O4/c1-36-20-15(21(35)37-2)9-13(10-28-20)16-11-29-22(30-14-5-3-4-12(8-14)18(27)34)31-19(16)33-7-6-17(32-33)23(24,25)26/h3-11,17,32H,1-2H3,(H2,27,34)(H,29,30,31). The smallest absolute Gasteiger partial charge is 0.409 e. The van der Waals surface area contributed by atoms with Crippen LogP contribution in [-0.2, 0) is 4.74 Å². The summed E-state index contributed by atoms with van der Waals surface area (Å²) in [6, 6.07) is 5.68. The van der Waals surface area contributed by atoms with Gasteiger partial charge in [0.25, 0.3) is 0 Å². The summed E-state index contributed by atoms with van der Waals surface area (Å²) in [5.41, 5.74) is 8.86. The highest BCUT2D eigenvalue weighted by molar-refractivity contribution is 5.94. The number of alkyl halides is 3. The lowest BCUT2D eigenvalue weighted by Gasteiger charge is -2.23. The number of pyridine rings is 1. The van der Waals surface area contributed by atoms with Gasteiger partial charge in [-0.15, -0.1) is 0 Å². The van der Waals surface area contributed by atoms with E-state index in [2.05, 4.69) is 25.7 Å². The van der Waals surface area contributed by atoms with Gasteiger partial charge in [-0.05, 0) is 30.3 Å². The van der Waals surface area contributed by atoms with Gasteiger partial charge in [0.15, 0.2) is 5.82 Å². The van der Waals surface area contributed by atoms with Crippen molar-refractivity contribution in [1.29, 1.82) is 0 Å². The summed E-state index contributed by atoms with van der Waals surface area (Å²) in [7, 11) is 2.51. The SMILES string of the molecule is COC(=O)c1cc(-c2cnc(Nc3cccc(C(N)=O)c3)nc2N2C=CC(C(F)(F)F)N2)cnc1OC. The Labute approximate surface area is 208 Å². The van der Waals surface area contributed by atoms with Crippen molar-refractivity contribution >= 4 is 29.3 Å². The van der Waals surface area contributed by atoms with Gasteiger partial charge in [0, 0.05) is 41.0 Å². The Kier molecular flexibility index (Phi) is 6.93. The van der Waals surface area contributed by atoms with Crippen LogP contribution in [0.3, 0.4) is 0 Å². The largest absolute Gasteiger partial charge is 0.480 e. The molecule has 0 fully saturated rings. The molecular weight excluding hydrogens is 495 g/mol. The van der Waals surface area contributed by atoms with Gasteiger partial charge >= 0.3 is 12.1 Å². The number of amides is 1. The quantitative estimate of drug-likeness (QED) is 0.402. The Bertz CT molecular complexity index is 1380. The maximum absolute atomic E-state index is 13.3. The number of rotatable bonds is 7. The summed E-state index contributed by atoms with van der Waals surface area (Å²) in [6.45, 7) is 0. The molecular formula is C23H20F3N7O4. The summed E-state index contributed by atoms with van der Waals surface area (Å²) in [5, 5.41) is 3.99. The molecule has 192 valence electrons. The van der Waals surface area contributed by atoms with E-state index in [1.54, 1.807) is 12.1 Å². The number of aromatic nitrogens is 3. The minimum atomic E-state index is -4.55. The second-order valence-electron chi connectivity index (χ2n) is 7.63. The van der Waals surface area contributed by atoms with Gasteiger partial charge in [0.1, 0.15) is 11.6 Å². The third-order valence-corrected chi connectivity index (χ3v) is 5.22. The molecule has 0 aliphatic carbocycles. The summed E-state index contributed by atoms with van der Waals surface area (Å²) in [4.78, 5) is 36.5. The molecule has 14 heteroatoms. The Balaban J connectivity index is 1.78. The highest BCUT2D eigenvalue weighted by Gasteiger charge is 2.41. The number of carbonyl (C=O) groups excluding carboxylic acids is 2. The molecule has 37 heavy (non-hydrogen) atoms. The van der Waals surface area contributed by atoms with Crippen molar-refractivity contribution in [3.63, 3.8) is 0 Å². The van der Waals surface area contributed by atoms with Crippen LogP contribution in [0.1, 0.15) is 20.7 Å². The average Bonchev–Trinajstić information content (AvgIpc) is 3.39. The fourth-order valence-corrected chi connectivity index (χ4v) is 3.44. The molecule has 1 aromatic carbocycles. The number of nitrogens with two attached hydrogens (primary N) is 1. The van der Waals surface area contributed by atoms with E-state index in [0.29, 0.717) is 11.3 Å². The van der Waals surface area contributed by atoms with E-state index in [0.717, 1.165) is 11.1 Å². The Morgan fingerprint density at radius 3 is 2.59 bits per heavy atom. The van der Waals surface area contributed by atoms with Crippen molar-refractivity contribution in [3.05, 3.63) is 66.1 Å². The molecule has 1 amide bonds. The number of primary amides is 1. The number of hydrogen-bond donors (Lipinski definition) is 3. The van der Waals surface area contributed by atoms with Crippen molar-refractivity contribution in [2.75, 3.05) is 24.5 Å². The number of halogens is 3. The van der Waals surface area contributed by atoms with Gasteiger partial charge in [-0.1, -0.05) is 6.07 Å². The van der Waals surface area contributed by atoms with E-state index in [9.17, 15) is 22.8 Å². The van der Waals surface area contributed by atoms with Crippen LogP contribution in [0.15, 0.2) is 55.0 Å². The molecule has 1 atom stereocenters. The van der Waals surface area contributed by atoms with Crippen molar-refractivity contribution in [2.24, 2.45) is 5.73 Å². The number of carbonyl (C=O) groups is 2. The van der Waals surface area contributed by atoms with Gasteiger partial charge < -0.3 is 20.5 Å². The number of anilines is 3. The number of esters is 1. The minimum absolute atomic E-state index is 0.00187. The molecule has 3 aromatic rings. The topological polar surface area (TPSA) is 145 Å². The Morgan fingerprint density at radius 2 is 1.95 bits per heavy atom. The van der Waals surface area contributed by atoms with Gasteiger partial charge in [-0.2, -0.15) is 18.2 Å². The molecule has 3 heterocycles. The van der Waals surface area contributed by atoms with E-state index < -0.39 is 24.1 Å². The second kappa shape index (κ2) is 10.1. The van der Waals surface area contributed by atoms with Crippen LogP contribution in [0.2, 0.25) is 0 Å². The van der Waals surface area contributed by atoms with Crippen molar-refractivity contribution in [3.8, 4) is 17.0 Å². The van der Waals surface area contributed by atoms with Crippen LogP contribution in [0, 0.1) is 0 Å². The molecule has 0 radical (unpaired) electrons. The molecule has 1 unspecified atom stereocenters. The van der Waals surface area contributed by atoms with Crippen LogP contribution in [0.25, 0.3) is 11.1 Å². The molecule has 11 nitrogen and oxygen atoms in total. The Morgan fingerprint density at radius 1 is 1.16 bits per heavy atom. The molecule has 1 aliphatic heterocycles. The first-order valence-corrected chi connectivity index (χ1v) is 10.6. The Hall–Kier alpha value is -4.72. The molecule has 0 spiro atoms. The number of benzene rings is 1. The molecule has 1 aliphatic rings. The monoisotopic (exact) mass is 515 g/mol. The predicted octanol–water partition coefficient (Wildman–Crippen LogP) is 2.95. The first-order chi connectivity index (χ1) is 17.6. The lowest BCUT2D eigenvalue weighted by atomic mass is 10.1. The number of methoxy groups -OCH3 is 2. The zero-order valence-corrected chi connectivity index (χ0v) is 19.4. The van der Waals surface area contributed by atoms with Crippen LogP contribution in [0.5, 0.6) is 5.88 Å². The van der Waals surface area contributed by atoms with E-state index in [4.69, 9.17) is 15.2 Å². The van der Waals surface area contributed by atoms with E-state index in [1.165, 1.54) is 51.0 Å². The molecule has 4 N–H and O–H groups in total. The second-order valence-corrected chi connectivity index (χ2v) is 7.63. The van der Waals surface area contributed by atoms with Crippen LogP contribution < -0.4 is 26.2 Å². The highest BCUT2D eigenvalue weighted by atomic mass is 19.4. The zero-order chi connectivity index (χ0) is 26.7. The van der Waals surface area contributed by atoms with E-state index in [1.807, 2.05) is 0 Å². The normalized spacial score (nSPS) is 14.9. The lowest BCUT2D eigenvalue weighted by molar-refractivity contribution is -0.142. The van der Waals surface area contributed by atoms with Gasteiger partial charge in [0.2, 0.25) is 17.7 Å². The first kappa shape index (κ1) is 25.4. The summed E-state index contributed by atoms with van der Waals surface area (Å²) < 4.78 is 49.8. The molecule has 4 rings (SSSR count). The molecule has 0 saturated heterocycles. The maximum Gasteiger partial charge on any atom is 0.409 e. The number of ether oxygens (including phenoxy) is 2. The van der Waals surface area contributed by atoms with Crippen LogP contribution >= 0.6 is 0 Å². The minimum Gasteiger partial charge on any atom is -0.480 e. The summed E-state index contributed by atoms with van der Waals surface area (Å²) >= 11 is 0. The predicted molar refractivity (Wildman–Crippen MR) is 126 cm³/mol. The number of hydrogen-bond acceptors (Lipinski definition) is 10. The summed E-state index contributed by atoms with van der Waals surface area (Å²) in [5.74, 6) is -1.33. The van der Waals surface area contributed by atoms with Gasteiger partial charge in [-0.3, -0.25) is 9.80 Å². The lowest BCUT2D eigenvalue weighted by Crippen LogP contribution is -2.44. The van der Waals surface area contributed by atoms with Crippen LogP contribution in [-0.4, -0.2) is 53.3 Å². The molecule has 0 bridgehead atoms. The van der Waals surface area contributed by atoms with Gasteiger partial charge in [-0.25, -0.2) is 20.2 Å². The first-order valence-electron chi connectivity index (χ1n) is 10.6. The van der Waals surface area contributed by atoms with Crippen molar-refractivity contribution in [2.45, 2.75) is 12.2 Å². The summed E-state index contributed by atoms with van der Waals surface area (Å²) in [6.07, 6.45) is 0.275. The van der Waals surface area contributed by atoms with Crippen LogP contribution in [0.4, 0.5) is 30.6 Å². The zero-order valence-electron chi connectivity index (χ0n) is 19.4. The third kappa shape index (κ3) is 5.43. The number of nitrogens with zero attached hydrogens (tertiary/aromatic N) is 4. The maximum atomic E-state index is 13.3. The van der Waals surface area contributed by atoms with E-state index in [-0.39, 0.29) is 34.3 Å². The van der Waals surface area contributed by atoms with Crippen molar-refractivity contribution < 1.29 is 32.2 Å². The molecule has 0 saturated carbocycles. The number of nitrogens with one attached hydrogen (secondary N) is 2.